The molecule has 7 heteroatoms. The number of rotatable bonds is 9. The molecule has 1 saturated heterocycles. The fourth-order valence-corrected chi connectivity index (χ4v) is 6.82. The summed E-state index contributed by atoms with van der Waals surface area (Å²) in [4.78, 5) is 18.3. The molecule has 42 heavy (non-hydrogen) atoms. The van der Waals surface area contributed by atoms with E-state index in [2.05, 4.69) is 106 Å². The lowest BCUT2D eigenvalue weighted by Gasteiger charge is -2.48. The van der Waals surface area contributed by atoms with Gasteiger partial charge in [-0.05, 0) is 61.0 Å². The van der Waals surface area contributed by atoms with E-state index in [1.165, 1.54) is 16.7 Å². The van der Waals surface area contributed by atoms with Crippen molar-refractivity contribution in [3.63, 3.8) is 0 Å². The highest BCUT2D eigenvalue weighted by atomic mass is 35.5. The van der Waals surface area contributed by atoms with Crippen molar-refractivity contribution in [1.82, 2.24) is 9.88 Å². The number of benzene rings is 4. The predicted octanol–water partition coefficient (Wildman–Crippen LogP) is 8.30. The number of aromatic nitrogens is 1. The predicted molar refractivity (Wildman–Crippen MR) is 170 cm³/mol. The molecule has 0 saturated carbocycles. The number of nitrogens with zero attached hydrogens (tertiary/aromatic N) is 3. The Hall–Kier alpha value is -4.26. The first-order chi connectivity index (χ1) is 20.6. The van der Waals surface area contributed by atoms with E-state index in [-0.39, 0.29) is 10.8 Å². The van der Waals surface area contributed by atoms with Gasteiger partial charge in [0.15, 0.2) is 0 Å². The number of para-hydroxylation sites is 1. The molecule has 4 aromatic carbocycles. The third-order valence-electron chi connectivity index (χ3n) is 8.52. The minimum atomic E-state index is -0.446. The van der Waals surface area contributed by atoms with Crippen molar-refractivity contribution >= 4 is 33.9 Å². The topological polar surface area (TPSA) is 71.3 Å². The first kappa shape index (κ1) is 27.9. The van der Waals surface area contributed by atoms with Gasteiger partial charge in [-0.15, -0.1) is 0 Å². The zero-order valence-corrected chi connectivity index (χ0v) is 24.1. The largest absolute Gasteiger partial charge is 0.379 e. The Labute approximate surface area is 251 Å². The number of hydrogen-bond donors (Lipinski definition) is 1. The minimum absolute atomic E-state index is 0.0893. The summed E-state index contributed by atoms with van der Waals surface area (Å²) < 4.78 is 0. The fraction of sp³-hybridized carbons (Fsp3) is 0.229. The van der Waals surface area contributed by atoms with Crippen LogP contribution in [0.3, 0.4) is 0 Å². The maximum absolute atomic E-state index is 11.9. The van der Waals surface area contributed by atoms with Gasteiger partial charge in [0.2, 0.25) is 5.15 Å². The Balaban J connectivity index is 1.24. The van der Waals surface area contributed by atoms with Crippen molar-refractivity contribution in [1.29, 1.82) is 0 Å². The number of nitro groups is 1. The van der Waals surface area contributed by atoms with Crippen LogP contribution in [0, 0.1) is 16.0 Å². The van der Waals surface area contributed by atoms with Crippen LogP contribution in [-0.2, 0) is 5.54 Å². The van der Waals surface area contributed by atoms with Crippen LogP contribution in [0.15, 0.2) is 115 Å². The van der Waals surface area contributed by atoms with Crippen LogP contribution >= 0.6 is 11.6 Å². The SMILES string of the molecule is O=[N+]([O-])c1c(Cl)nc2ccccc2c1NCCC1CCN(C(c2ccccc2)(c2ccccc2)c2ccccc2)CC1. The summed E-state index contributed by atoms with van der Waals surface area (Å²) in [6.07, 6.45) is 2.99. The van der Waals surface area contributed by atoms with Gasteiger partial charge >= 0.3 is 5.69 Å². The van der Waals surface area contributed by atoms with Gasteiger partial charge in [0, 0.05) is 11.9 Å². The van der Waals surface area contributed by atoms with E-state index in [9.17, 15) is 10.1 Å². The first-order valence-electron chi connectivity index (χ1n) is 14.5. The Kier molecular flexibility index (Phi) is 8.17. The molecule has 1 aliphatic heterocycles. The van der Waals surface area contributed by atoms with Gasteiger partial charge in [-0.25, -0.2) is 4.98 Å². The number of pyridine rings is 1. The quantitative estimate of drug-likeness (QED) is 0.0827. The van der Waals surface area contributed by atoms with Gasteiger partial charge in [-0.3, -0.25) is 15.0 Å². The summed E-state index contributed by atoms with van der Waals surface area (Å²) in [5, 5.41) is 15.9. The summed E-state index contributed by atoms with van der Waals surface area (Å²) in [5.41, 5.74) is 4.31. The molecule has 6 rings (SSSR count). The third kappa shape index (κ3) is 5.24. The zero-order valence-electron chi connectivity index (χ0n) is 23.3. The molecule has 212 valence electrons. The Bertz CT molecular complexity index is 1560. The van der Waals surface area contributed by atoms with E-state index in [4.69, 9.17) is 11.6 Å². The van der Waals surface area contributed by atoms with Gasteiger partial charge in [0.1, 0.15) is 5.69 Å². The van der Waals surface area contributed by atoms with E-state index in [0.717, 1.165) is 32.4 Å². The number of hydrogen-bond acceptors (Lipinski definition) is 5. The molecule has 0 amide bonds. The number of nitrogens with one attached hydrogen (secondary N) is 1. The summed E-state index contributed by atoms with van der Waals surface area (Å²) in [5.74, 6) is 0.497. The molecule has 0 radical (unpaired) electrons. The fourth-order valence-electron chi connectivity index (χ4n) is 6.56. The highest BCUT2D eigenvalue weighted by Crippen LogP contribution is 2.44. The summed E-state index contributed by atoms with van der Waals surface area (Å²) in [7, 11) is 0. The summed E-state index contributed by atoms with van der Waals surface area (Å²) in [6, 6.07) is 39.8. The van der Waals surface area contributed by atoms with Crippen molar-refractivity contribution in [3.8, 4) is 0 Å². The van der Waals surface area contributed by atoms with Crippen molar-refractivity contribution in [2.75, 3.05) is 25.0 Å². The van der Waals surface area contributed by atoms with E-state index >= 15 is 0 Å². The third-order valence-corrected chi connectivity index (χ3v) is 8.79. The molecule has 0 bridgehead atoms. The van der Waals surface area contributed by atoms with E-state index < -0.39 is 10.5 Å². The maximum Gasteiger partial charge on any atom is 0.329 e. The van der Waals surface area contributed by atoms with Gasteiger partial charge in [0.25, 0.3) is 0 Å². The lowest BCUT2D eigenvalue weighted by Crippen LogP contribution is -2.51. The van der Waals surface area contributed by atoms with Crippen LogP contribution in [-0.4, -0.2) is 34.4 Å². The van der Waals surface area contributed by atoms with Gasteiger partial charge < -0.3 is 5.32 Å². The van der Waals surface area contributed by atoms with Crippen molar-refractivity contribution in [2.45, 2.75) is 24.8 Å². The lowest BCUT2D eigenvalue weighted by molar-refractivity contribution is -0.384. The summed E-state index contributed by atoms with van der Waals surface area (Å²) >= 11 is 6.24. The second-order valence-electron chi connectivity index (χ2n) is 10.9. The summed E-state index contributed by atoms with van der Waals surface area (Å²) in [6.45, 7) is 2.50. The first-order valence-corrected chi connectivity index (χ1v) is 14.8. The highest BCUT2D eigenvalue weighted by molar-refractivity contribution is 6.33. The molecular weight excluding hydrogens is 544 g/mol. The maximum atomic E-state index is 11.9. The molecule has 0 spiro atoms. The molecule has 1 aliphatic rings. The molecule has 2 heterocycles. The van der Waals surface area contributed by atoms with Crippen LogP contribution in [0.4, 0.5) is 11.4 Å². The number of piperidine rings is 1. The highest BCUT2D eigenvalue weighted by Gasteiger charge is 2.43. The molecule has 0 unspecified atom stereocenters. The molecule has 5 aromatic rings. The average molecular weight is 577 g/mol. The molecule has 1 aromatic heterocycles. The van der Waals surface area contributed by atoms with Crippen LogP contribution in [0.5, 0.6) is 0 Å². The number of anilines is 1. The van der Waals surface area contributed by atoms with Gasteiger partial charge in [-0.2, -0.15) is 0 Å². The van der Waals surface area contributed by atoms with Crippen LogP contribution in [0.2, 0.25) is 5.15 Å². The van der Waals surface area contributed by atoms with E-state index in [1.807, 2.05) is 24.3 Å². The van der Waals surface area contributed by atoms with Crippen LogP contribution in [0.25, 0.3) is 10.9 Å². The van der Waals surface area contributed by atoms with Crippen LogP contribution in [0.1, 0.15) is 36.0 Å². The molecular formula is C35H33ClN4O2. The number of halogens is 1. The molecule has 1 fully saturated rings. The average Bonchev–Trinajstić information content (AvgIpc) is 3.03. The Morgan fingerprint density at radius 3 is 1.83 bits per heavy atom. The normalized spacial score (nSPS) is 14.6. The minimum Gasteiger partial charge on any atom is -0.379 e. The number of likely N-dealkylation sites (tertiary alicyclic amines) is 1. The van der Waals surface area contributed by atoms with Crippen molar-refractivity contribution in [3.05, 3.63) is 147 Å². The molecule has 1 N–H and O–H groups in total. The van der Waals surface area contributed by atoms with Crippen LogP contribution < -0.4 is 5.32 Å². The standard InChI is InChI=1S/C35H33ClN4O2/c36-34-33(40(41)42)32(30-18-10-11-19-31(30)38-34)37-23-20-26-21-24-39(25-22-26)35(27-12-4-1-5-13-27,28-14-6-2-7-15-28)29-16-8-3-9-17-29/h1-19,26H,20-25H2,(H,37,38). The van der Waals surface area contributed by atoms with E-state index in [0.29, 0.717) is 29.1 Å². The molecule has 0 aliphatic carbocycles. The Morgan fingerprint density at radius 1 is 0.810 bits per heavy atom. The van der Waals surface area contributed by atoms with E-state index in [1.54, 1.807) is 0 Å². The zero-order chi connectivity index (χ0) is 28.9. The second kappa shape index (κ2) is 12.3. The van der Waals surface area contributed by atoms with Gasteiger partial charge in [0.05, 0.1) is 16.0 Å². The van der Waals surface area contributed by atoms with Crippen molar-refractivity contribution in [2.24, 2.45) is 5.92 Å². The Morgan fingerprint density at radius 2 is 1.31 bits per heavy atom. The monoisotopic (exact) mass is 576 g/mol. The van der Waals surface area contributed by atoms with Gasteiger partial charge in [-0.1, -0.05) is 121 Å². The molecule has 6 nitrogen and oxygen atoms in total. The molecule has 0 atom stereocenters. The lowest BCUT2D eigenvalue weighted by atomic mass is 9.74. The number of fused-ring (bicyclic) bond motifs is 1. The smallest absolute Gasteiger partial charge is 0.329 e. The second-order valence-corrected chi connectivity index (χ2v) is 11.2. The van der Waals surface area contributed by atoms with Crippen molar-refractivity contribution < 1.29 is 4.92 Å².